The van der Waals surface area contributed by atoms with Gasteiger partial charge in [0.25, 0.3) is 5.91 Å². The van der Waals surface area contributed by atoms with Crippen LogP contribution >= 0.6 is 15.9 Å². The molecule has 0 spiro atoms. The Morgan fingerprint density at radius 1 is 1.39 bits per heavy atom. The van der Waals surface area contributed by atoms with Gasteiger partial charge in [0.1, 0.15) is 5.82 Å². The summed E-state index contributed by atoms with van der Waals surface area (Å²) in [4.78, 5) is 14.7. The summed E-state index contributed by atoms with van der Waals surface area (Å²) in [6, 6.07) is 6.37. The summed E-state index contributed by atoms with van der Waals surface area (Å²) in [7, 11) is 0. The molecule has 1 aromatic carbocycles. The first kappa shape index (κ1) is 16.2. The molecule has 1 atom stereocenters. The highest BCUT2D eigenvalue weighted by Gasteiger charge is 2.33. The smallest absolute Gasteiger partial charge is 0.276 e. The summed E-state index contributed by atoms with van der Waals surface area (Å²) in [5, 5.41) is 7.15. The quantitative estimate of drug-likeness (QED) is 0.858. The Labute approximate surface area is 143 Å². The van der Waals surface area contributed by atoms with Crippen molar-refractivity contribution >= 4 is 21.8 Å². The van der Waals surface area contributed by atoms with Gasteiger partial charge < -0.3 is 4.90 Å². The summed E-state index contributed by atoms with van der Waals surface area (Å²) in [5.41, 5.74) is 2.31. The van der Waals surface area contributed by atoms with Crippen molar-refractivity contribution in [2.24, 2.45) is 0 Å². The van der Waals surface area contributed by atoms with Crippen molar-refractivity contribution in [1.82, 2.24) is 15.1 Å². The number of aromatic amines is 1. The number of likely N-dealkylation sites (tertiary alicyclic amines) is 1. The van der Waals surface area contributed by atoms with E-state index in [1.54, 1.807) is 12.1 Å². The SMILES string of the molecule is CC(C)c1[nH]nc(C(=O)N2CCCC2c2ccc(F)cc2)c1Br. The van der Waals surface area contributed by atoms with Gasteiger partial charge in [-0.15, -0.1) is 0 Å². The van der Waals surface area contributed by atoms with Crippen LogP contribution in [0.1, 0.15) is 60.4 Å². The molecule has 0 saturated carbocycles. The molecule has 1 amide bonds. The van der Waals surface area contributed by atoms with Crippen molar-refractivity contribution in [2.75, 3.05) is 6.54 Å². The van der Waals surface area contributed by atoms with E-state index < -0.39 is 0 Å². The molecule has 0 radical (unpaired) electrons. The van der Waals surface area contributed by atoms with Crippen molar-refractivity contribution in [2.45, 2.75) is 38.6 Å². The topological polar surface area (TPSA) is 49.0 Å². The van der Waals surface area contributed by atoms with Crippen molar-refractivity contribution in [1.29, 1.82) is 0 Å². The van der Waals surface area contributed by atoms with Gasteiger partial charge in [-0.1, -0.05) is 26.0 Å². The fraction of sp³-hybridized carbons (Fsp3) is 0.412. The molecule has 1 aliphatic rings. The predicted octanol–water partition coefficient (Wildman–Crippen LogP) is 4.41. The average Bonchev–Trinajstić information content (AvgIpc) is 3.14. The minimum atomic E-state index is -0.263. The van der Waals surface area contributed by atoms with E-state index in [0.717, 1.165) is 28.6 Å². The highest BCUT2D eigenvalue weighted by molar-refractivity contribution is 9.10. The molecule has 2 heterocycles. The molecule has 4 nitrogen and oxygen atoms in total. The van der Waals surface area contributed by atoms with Crippen LogP contribution in [-0.4, -0.2) is 27.5 Å². The Morgan fingerprint density at radius 2 is 2.09 bits per heavy atom. The first-order chi connectivity index (χ1) is 11.0. The Morgan fingerprint density at radius 3 is 2.70 bits per heavy atom. The number of carbonyl (C=O) groups excluding carboxylic acids is 1. The first-order valence-corrected chi connectivity index (χ1v) is 8.58. The van der Waals surface area contributed by atoms with E-state index in [0.29, 0.717) is 12.2 Å². The lowest BCUT2D eigenvalue weighted by Crippen LogP contribution is -2.31. The standard InChI is InChI=1S/C17H19BrFN3O/c1-10(2)15-14(18)16(21-20-15)17(23)22-9-3-4-13(22)11-5-7-12(19)8-6-11/h5-8,10,13H,3-4,9H2,1-2H3,(H,20,21). The van der Waals surface area contributed by atoms with E-state index in [2.05, 4.69) is 26.1 Å². The maximum absolute atomic E-state index is 13.1. The molecule has 6 heteroatoms. The summed E-state index contributed by atoms with van der Waals surface area (Å²) < 4.78 is 13.9. The number of nitrogens with zero attached hydrogens (tertiary/aromatic N) is 2. The van der Waals surface area contributed by atoms with Gasteiger partial charge in [0.05, 0.1) is 16.2 Å². The molecule has 122 valence electrons. The number of H-pyrrole nitrogens is 1. The lowest BCUT2D eigenvalue weighted by Gasteiger charge is -2.24. The fourth-order valence-corrected chi connectivity index (χ4v) is 3.85. The van der Waals surface area contributed by atoms with Gasteiger partial charge in [-0.2, -0.15) is 5.10 Å². The molecular weight excluding hydrogens is 361 g/mol. The molecular formula is C17H19BrFN3O. The summed E-state index contributed by atoms with van der Waals surface area (Å²) in [6.07, 6.45) is 1.82. The molecule has 0 bridgehead atoms. The lowest BCUT2D eigenvalue weighted by molar-refractivity contribution is 0.0728. The summed E-state index contributed by atoms with van der Waals surface area (Å²) in [6.45, 7) is 4.78. The molecule has 1 aliphatic heterocycles. The second-order valence-electron chi connectivity index (χ2n) is 6.16. The highest BCUT2D eigenvalue weighted by Crippen LogP contribution is 2.35. The zero-order chi connectivity index (χ0) is 16.6. The van der Waals surface area contributed by atoms with Crippen LogP contribution in [0.2, 0.25) is 0 Å². The van der Waals surface area contributed by atoms with Gasteiger partial charge >= 0.3 is 0 Å². The molecule has 1 unspecified atom stereocenters. The van der Waals surface area contributed by atoms with Gasteiger partial charge in [0.15, 0.2) is 5.69 Å². The Balaban J connectivity index is 1.88. The predicted molar refractivity (Wildman–Crippen MR) is 89.8 cm³/mol. The lowest BCUT2D eigenvalue weighted by atomic mass is 10.0. The normalized spacial score (nSPS) is 18.0. The van der Waals surface area contributed by atoms with Crippen molar-refractivity contribution < 1.29 is 9.18 Å². The molecule has 2 aromatic rings. The number of rotatable bonds is 3. The zero-order valence-corrected chi connectivity index (χ0v) is 14.7. The van der Waals surface area contributed by atoms with Gasteiger partial charge in [-0.25, -0.2) is 4.39 Å². The number of hydrogen-bond acceptors (Lipinski definition) is 2. The Bertz CT molecular complexity index is 711. The van der Waals surface area contributed by atoms with E-state index in [-0.39, 0.29) is 23.7 Å². The van der Waals surface area contributed by atoms with Gasteiger partial charge in [0, 0.05) is 6.54 Å². The molecule has 0 aliphatic carbocycles. The monoisotopic (exact) mass is 379 g/mol. The van der Waals surface area contributed by atoms with Crippen LogP contribution in [0.15, 0.2) is 28.7 Å². The minimum Gasteiger partial charge on any atom is -0.330 e. The second-order valence-corrected chi connectivity index (χ2v) is 6.96. The second kappa shape index (κ2) is 6.43. The first-order valence-electron chi connectivity index (χ1n) is 7.79. The van der Waals surface area contributed by atoms with Crippen molar-refractivity contribution in [3.8, 4) is 0 Å². The fourth-order valence-electron chi connectivity index (χ4n) is 3.04. The number of nitrogens with one attached hydrogen (secondary N) is 1. The Hall–Kier alpha value is -1.69. The van der Waals surface area contributed by atoms with Crippen LogP contribution in [0, 0.1) is 5.82 Å². The van der Waals surface area contributed by atoms with E-state index in [1.165, 1.54) is 12.1 Å². The third kappa shape index (κ3) is 3.04. The molecule has 3 rings (SSSR count). The number of benzene rings is 1. The number of aromatic nitrogens is 2. The molecule has 1 fully saturated rings. The van der Waals surface area contributed by atoms with E-state index in [4.69, 9.17) is 0 Å². The maximum atomic E-state index is 13.1. The van der Waals surface area contributed by atoms with Gasteiger partial charge in [-0.05, 0) is 52.4 Å². The van der Waals surface area contributed by atoms with Gasteiger partial charge in [-0.3, -0.25) is 9.89 Å². The Kier molecular flexibility index (Phi) is 4.53. The van der Waals surface area contributed by atoms with E-state index in [1.807, 2.05) is 18.7 Å². The van der Waals surface area contributed by atoms with Gasteiger partial charge in [0.2, 0.25) is 0 Å². The van der Waals surface area contributed by atoms with Crippen LogP contribution in [0.25, 0.3) is 0 Å². The van der Waals surface area contributed by atoms with E-state index >= 15 is 0 Å². The van der Waals surface area contributed by atoms with Crippen LogP contribution in [0.3, 0.4) is 0 Å². The number of amides is 1. The van der Waals surface area contributed by atoms with Crippen LogP contribution in [0.4, 0.5) is 4.39 Å². The minimum absolute atomic E-state index is 0.0193. The average molecular weight is 380 g/mol. The van der Waals surface area contributed by atoms with Crippen molar-refractivity contribution in [3.05, 3.63) is 51.5 Å². The highest BCUT2D eigenvalue weighted by atomic mass is 79.9. The molecule has 1 N–H and O–H groups in total. The molecule has 23 heavy (non-hydrogen) atoms. The maximum Gasteiger partial charge on any atom is 0.276 e. The van der Waals surface area contributed by atoms with Crippen LogP contribution < -0.4 is 0 Å². The summed E-state index contributed by atoms with van der Waals surface area (Å²) in [5.74, 6) is -0.0991. The third-order valence-corrected chi connectivity index (χ3v) is 5.08. The third-order valence-electron chi connectivity index (χ3n) is 4.28. The largest absolute Gasteiger partial charge is 0.330 e. The van der Waals surface area contributed by atoms with E-state index in [9.17, 15) is 9.18 Å². The zero-order valence-electron chi connectivity index (χ0n) is 13.1. The van der Waals surface area contributed by atoms with Crippen LogP contribution in [0.5, 0.6) is 0 Å². The van der Waals surface area contributed by atoms with Crippen LogP contribution in [-0.2, 0) is 0 Å². The molecule has 1 saturated heterocycles. The molecule has 1 aromatic heterocycles. The number of hydrogen-bond donors (Lipinski definition) is 1. The number of carbonyl (C=O) groups is 1. The number of halogens is 2. The summed E-state index contributed by atoms with van der Waals surface area (Å²) >= 11 is 3.49. The van der Waals surface area contributed by atoms with Crippen molar-refractivity contribution in [3.63, 3.8) is 0 Å².